The van der Waals surface area contributed by atoms with Gasteiger partial charge in [-0.2, -0.15) is 5.26 Å². The van der Waals surface area contributed by atoms with Crippen molar-refractivity contribution in [2.45, 2.75) is 84.7 Å². The predicted molar refractivity (Wildman–Crippen MR) is 87.1 cm³/mol. The van der Waals surface area contributed by atoms with Gasteiger partial charge in [-0.25, -0.2) is 0 Å². The average molecular weight is 309 g/mol. The summed E-state index contributed by atoms with van der Waals surface area (Å²) in [7, 11) is 0. The van der Waals surface area contributed by atoms with Gasteiger partial charge < -0.3 is 14.6 Å². The fraction of sp³-hybridized carbons (Fsp3) is 0.833. The Morgan fingerprint density at radius 1 is 1.41 bits per heavy atom. The minimum atomic E-state index is -1.35. The van der Waals surface area contributed by atoms with E-state index in [1.165, 1.54) is 6.42 Å². The molecule has 0 amide bonds. The van der Waals surface area contributed by atoms with Crippen molar-refractivity contribution in [3.05, 3.63) is 11.6 Å². The summed E-state index contributed by atoms with van der Waals surface area (Å²) >= 11 is 0. The molecule has 0 aliphatic heterocycles. The summed E-state index contributed by atoms with van der Waals surface area (Å²) in [6.45, 7) is 9.94. The van der Waals surface area contributed by atoms with Gasteiger partial charge in [0.05, 0.1) is 0 Å². The molecule has 0 aromatic heterocycles. The van der Waals surface area contributed by atoms with Crippen molar-refractivity contribution in [3.8, 4) is 6.07 Å². The van der Waals surface area contributed by atoms with Gasteiger partial charge >= 0.3 is 0 Å². The van der Waals surface area contributed by atoms with Crippen molar-refractivity contribution in [1.82, 2.24) is 0 Å². The molecule has 4 nitrogen and oxygen atoms in total. The van der Waals surface area contributed by atoms with Crippen molar-refractivity contribution >= 4 is 0 Å². The van der Waals surface area contributed by atoms with E-state index >= 15 is 0 Å². The lowest BCUT2D eigenvalue weighted by Gasteiger charge is -2.46. The number of ether oxygens (including phenoxy) is 2. The minimum absolute atomic E-state index is 0.301. The highest BCUT2D eigenvalue weighted by Gasteiger charge is 2.51. The summed E-state index contributed by atoms with van der Waals surface area (Å²) in [6, 6.07) is 2.26. The topological polar surface area (TPSA) is 62.5 Å². The zero-order valence-corrected chi connectivity index (χ0v) is 14.7. The lowest BCUT2D eigenvalue weighted by Crippen LogP contribution is -2.55. The number of aliphatic hydroxyl groups is 1. The Hall–Kier alpha value is -0.890. The lowest BCUT2D eigenvalue weighted by molar-refractivity contribution is -0.215. The molecule has 22 heavy (non-hydrogen) atoms. The molecule has 0 aromatic carbocycles. The summed E-state index contributed by atoms with van der Waals surface area (Å²) in [5.74, 6) is 0. The number of nitrogens with zero attached hydrogens (tertiary/aromatic N) is 1. The second kappa shape index (κ2) is 8.10. The summed E-state index contributed by atoms with van der Waals surface area (Å²) in [6.07, 6.45) is 5.64. The molecular weight excluding hydrogens is 278 g/mol. The average Bonchev–Trinajstić information content (AvgIpc) is 2.52. The van der Waals surface area contributed by atoms with Crippen LogP contribution in [0.4, 0.5) is 0 Å². The molecule has 0 heterocycles. The number of rotatable bonds is 7. The molecule has 0 aromatic rings. The molecule has 0 spiro atoms. The van der Waals surface area contributed by atoms with Crippen LogP contribution in [0.3, 0.4) is 0 Å². The molecule has 0 saturated heterocycles. The molecule has 4 heteroatoms. The van der Waals surface area contributed by atoms with Gasteiger partial charge in [-0.1, -0.05) is 32.3 Å². The zero-order chi connectivity index (χ0) is 16.8. The van der Waals surface area contributed by atoms with Crippen molar-refractivity contribution in [3.63, 3.8) is 0 Å². The van der Waals surface area contributed by atoms with Crippen LogP contribution in [-0.4, -0.2) is 29.7 Å². The maximum Gasteiger partial charge on any atom is 0.204 e. The van der Waals surface area contributed by atoms with E-state index in [2.05, 4.69) is 13.0 Å². The van der Waals surface area contributed by atoms with Gasteiger partial charge in [0.25, 0.3) is 0 Å². The molecular formula is C18H31NO3. The standard InChI is InChI=1S/C18H31NO3/c1-6-14(3)18(13-19,22-15(4)21-7-2)16(20)17(5)11-9-8-10-12-17/h6,15-16,20H,7-12H2,1-5H3/b14-6+. The summed E-state index contributed by atoms with van der Waals surface area (Å²) in [5, 5.41) is 21.0. The maximum atomic E-state index is 11.1. The van der Waals surface area contributed by atoms with Gasteiger partial charge in [0.15, 0.2) is 6.29 Å². The molecule has 3 atom stereocenters. The van der Waals surface area contributed by atoms with Crippen LogP contribution < -0.4 is 0 Å². The van der Waals surface area contributed by atoms with Crippen molar-refractivity contribution in [2.75, 3.05) is 6.61 Å². The molecule has 1 fully saturated rings. The van der Waals surface area contributed by atoms with E-state index in [0.29, 0.717) is 6.61 Å². The monoisotopic (exact) mass is 309 g/mol. The SMILES string of the molecule is C/C=C(\C)C(C#N)(OC(C)OCC)C(O)C1(C)CCCCC1. The van der Waals surface area contributed by atoms with Gasteiger partial charge in [-0.15, -0.1) is 0 Å². The van der Waals surface area contributed by atoms with Crippen LogP contribution >= 0.6 is 0 Å². The second-order valence-corrected chi connectivity index (χ2v) is 6.58. The highest BCUT2D eigenvalue weighted by Crippen LogP contribution is 2.45. The van der Waals surface area contributed by atoms with Crippen LogP contribution in [0.5, 0.6) is 0 Å². The fourth-order valence-corrected chi connectivity index (χ4v) is 3.42. The van der Waals surface area contributed by atoms with Crippen molar-refractivity contribution in [2.24, 2.45) is 5.41 Å². The normalized spacial score (nSPS) is 24.1. The van der Waals surface area contributed by atoms with Gasteiger partial charge in [-0.05, 0) is 51.5 Å². The zero-order valence-electron chi connectivity index (χ0n) is 14.7. The molecule has 126 valence electrons. The van der Waals surface area contributed by atoms with E-state index in [1.807, 2.05) is 26.8 Å². The Bertz CT molecular complexity index is 421. The largest absolute Gasteiger partial charge is 0.388 e. The highest BCUT2D eigenvalue weighted by molar-refractivity contribution is 5.30. The Morgan fingerprint density at radius 3 is 2.45 bits per heavy atom. The number of allylic oxidation sites excluding steroid dienone is 1. The van der Waals surface area contributed by atoms with Gasteiger partial charge in [0.2, 0.25) is 5.60 Å². The molecule has 1 N–H and O–H groups in total. The van der Waals surface area contributed by atoms with Crippen molar-refractivity contribution in [1.29, 1.82) is 5.26 Å². The van der Waals surface area contributed by atoms with E-state index < -0.39 is 18.0 Å². The third-order valence-corrected chi connectivity index (χ3v) is 4.98. The van der Waals surface area contributed by atoms with E-state index in [0.717, 1.165) is 31.3 Å². The van der Waals surface area contributed by atoms with Crippen LogP contribution in [0.2, 0.25) is 0 Å². The molecule has 3 unspecified atom stereocenters. The molecule has 1 rings (SSSR count). The summed E-state index contributed by atoms with van der Waals surface area (Å²) in [5.41, 5.74) is -0.916. The first-order chi connectivity index (χ1) is 10.4. The van der Waals surface area contributed by atoms with Crippen LogP contribution in [0.15, 0.2) is 11.6 Å². The Labute approximate surface area is 135 Å². The summed E-state index contributed by atoms with van der Waals surface area (Å²) in [4.78, 5) is 0. The number of aliphatic hydroxyl groups excluding tert-OH is 1. The number of nitriles is 1. The van der Waals surface area contributed by atoms with Gasteiger partial charge in [0, 0.05) is 6.61 Å². The van der Waals surface area contributed by atoms with E-state index in [1.54, 1.807) is 6.92 Å². The number of hydrogen-bond acceptors (Lipinski definition) is 4. The minimum Gasteiger partial charge on any atom is -0.388 e. The van der Waals surface area contributed by atoms with E-state index in [-0.39, 0.29) is 5.41 Å². The fourth-order valence-electron chi connectivity index (χ4n) is 3.42. The highest BCUT2D eigenvalue weighted by atomic mass is 16.7. The number of hydrogen-bond donors (Lipinski definition) is 1. The third kappa shape index (κ3) is 3.90. The Morgan fingerprint density at radius 2 is 2.00 bits per heavy atom. The van der Waals surface area contributed by atoms with E-state index in [4.69, 9.17) is 9.47 Å². The van der Waals surface area contributed by atoms with Gasteiger partial charge in [0.1, 0.15) is 12.2 Å². The second-order valence-electron chi connectivity index (χ2n) is 6.58. The molecule has 1 aliphatic rings. The molecule has 0 radical (unpaired) electrons. The van der Waals surface area contributed by atoms with Crippen LogP contribution in [0.25, 0.3) is 0 Å². The van der Waals surface area contributed by atoms with Crippen LogP contribution in [0.1, 0.15) is 66.7 Å². The maximum absolute atomic E-state index is 11.1. The van der Waals surface area contributed by atoms with Crippen LogP contribution in [-0.2, 0) is 9.47 Å². The van der Waals surface area contributed by atoms with Crippen molar-refractivity contribution < 1.29 is 14.6 Å². The first-order valence-corrected chi connectivity index (χ1v) is 8.38. The van der Waals surface area contributed by atoms with Crippen LogP contribution in [0, 0.1) is 16.7 Å². The predicted octanol–water partition coefficient (Wildman–Crippen LogP) is 3.95. The molecule has 0 bridgehead atoms. The summed E-state index contributed by atoms with van der Waals surface area (Å²) < 4.78 is 11.4. The first-order valence-electron chi connectivity index (χ1n) is 8.38. The van der Waals surface area contributed by atoms with E-state index in [9.17, 15) is 10.4 Å². The lowest BCUT2D eigenvalue weighted by atomic mass is 9.66. The van der Waals surface area contributed by atoms with Gasteiger partial charge in [-0.3, -0.25) is 0 Å². The Kier molecular flexibility index (Phi) is 7.05. The first kappa shape index (κ1) is 19.2. The third-order valence-electron chi connectivity index (χ3n) is 4.98. The quantitative estimate of drug-likeness (QED) is 0.571. The Balaban J connectivity index is 3.15. The molecule has 1 saturated carbocycles. The smallest absolute Gasteiger partial charge is 0.204 e. The molecule has 1 aliphatic carbocycles.